The maximum Gasteiger partial charge on any atom is 0.184 e. The van der Waals surface area contributed by atoms with Crippen molar-refractivity contribution in [2.24, 2.45) is 0 Å². The van der Waals surface area contributed by atoms with Gasteiger partial charge in [-0.15, -0.1) is 0 Å². The standard InChI is InChI=1S/C21H23FN2O4S2/c1-14-10-16(22)6-7-20(14)30(27,28)21-13-29(25,26)12-19(21)23-9-8-15-11-24-18-5-3-2-4-17(15)18/h2-7,10-11,19,21,23-24H,8-9,12-13H2,1H3/t19-,21-/m0/s1. The molecule has 1 aliphatic rings. The molecule has 1 aliphatic heterocycles. The molecule has 2 aromatic carbocycles. The van der Waals surface area contributed by atoms with Gasteiger partial charge >= 0.3 is 0 Å². The highest BCUT2D eigenvalue weighted by atomic mass is 32.2. The highest BCUT2D eigenvalue weighted by Gasteiger charge is 2.45. The van der Waals surface area contributed by atoms with E-state index in [1.54, 1.807) is 0 Å². The maximum atomic E-state index is 13.4. The van der Waals surface area contributed by atoms with Gasteiger partial charge < -0.3 is 10.3 Å². The first-order valence-electron chi connectivity index (χ1n) is 9.66. The second kappa shape index (κ2) is 7.79. The topological polar surface area (TPSA) is 96.1 Å². The lowest BCUT2D eigenvalue weighted by atomic mass is 10.1. The largest absolute Gasteiger partial charge is 0.361 e. The fourth-order valence-electron chi connectivity index (χ4n) is 4.14. The number of aromatic nitrogens is 1. The summed E-state index contributed by atoms with van der Waals surface area (Å²) in [6.07, 6.45) is 2.54. The lowest BCUT2D eigenvalue weighted by Gasteiger charge is -2.21. The summed E-state index contributed by atoms with van der Waals surface area (Å²) in [7, 11) is -7.44. The molecule has 0 aliphatic carbocycles. The summed E-state index contributed by atoms with van der Waals surface area (Å²) >= 11 is 0. The summed E-state index contributed by atoms with van der Waals surface area (Å²) in [6, 6.07) is 10.6. The van der Waals surface area contributed by atoms with Gasteiger partial charge in [0.25, 0.3) is 0 Å². The third-order valence-electron chi connectivity index (χ3n) is 5.62. The first kappa shape index (κ1) is 21.0. The van der Waals surface area contributed by atoms with Crippen LogP contribution < -0.4 is 5.32 Å². The number of rotatable bonds is 6. The number of fused-ring (bicyclic) bond motifs is 1. The summed E-state index contributed by atoms with van der Waals surface area (Å²) in [5.74, 6) is -1.19. The quantitative estimate of drug-likeness (QED) is 0.562. The summed E-state index contributed by atoms with van der Waals surface area (Å²) in [5, 5.41) is 3.14. The molecule has 0 unspecified atom stereocenters. The number of hydrogen-bond donors (Lipinski definition) is 2. The molecule has 2 atom stereocenters. The van der Waals surface area contributed by atoms with Crippen LogP contribution >= 0.6 is 0 Å². The monoisotopic (exact) mass is 450 g/mol. The van der Waals surface area contributed by atoms with E-state index in [2.05, 4.69) is 10.3 Å². The van der Waals surface area contributed by atoms with Gasteiger partial charge in [-0.25, -0.2) is 21.2 Å². The number of nitrogens with one attached hydrogen (secondary N) is 2. The number of H-pyrrole nitrogens is 1. The Bertz CT molecular complexity index is 1300. The molecule has 6 nitrogen and oxygen atoms in total. The zero-order valence-corrected chi connectivity index (χ0v) is 18.1. The smallest absolute Gasteiger partial charge is 0.184 e. The minimum atomic E-state index is -3.94. The van der Waals surface area contributed by atoms with Crippen molar-refractivity contribution in [1.29, 1.82) is 0 Å². The Labute approximate surface area is 175 Å². The molecule has 9 heteroatoms. The fraction of sp³-hybridized carbons (Fsp3) is 0.333. The van der Waals surface area contributed by atoms with Gasteiger partial charge in [0.1, 0.15) is 5.82 Å². The van der Waals surface area contributed by atoms with Gasteiger partial charge in [-0.1, -0.05) is 18.2 Å². The molecular formula is C21H23FN2O4S2. The second-order valence-electron chi connectivity index (χ2n) is 7.74. The molecule has 2 heterocycles. The molecule has 0 saturated carbocycles. The van der Waals surface area contributed by atoms with Crippen LogP contribution in [0.15, 0.2) is 53.6 Å². The van der Waals surface area contributed by atoms with E-state index in [-0.39, 0.29) is 16.2 Å². The van der Waals surface area contributed by atoms with Crippen molar-refractivity contribution in [2.45, 2.75) is 29.5 Å². The van der Waals surface area contributed by atoms with Crippen molar-refractivity contribution < 1.29 is 21.2 Å². The van der Waals surface area contributed by atoms with Gasteiger partial charge in [-0.05, 0) is 55.3 Å². The average molecular weight is 451 g/mol. The Hall–Kier alpha value is -2.23. The number of benzene rings is 2. The van der Waals surface area contributed by atoms with Crippen LogP contribution in [0.2, 0.25) is 0 Å². The van der Waals surface area contributed by atoms with Gasteiger partial charge in [0, 0.05) is 23.1 Å². The SMILES string of the molecule is Cc1cc(F)ccc1S(=O)(=O)[C@H]1CS(=O)(=O)C[C@@H]1NCCc1c[nH]c2ccccc12. The molecule has 1 aromatic heterocycles. The lowest BCUT2D eigenvalue weighted by Crippen LogP contribution is -2.44. The van der Waals surface area contributed by atoms with Crippen LogP contribution in [0.1, 0.15) is 11.1 Å². The molecule has 160 valence electrons. The van der Waals surface area contributed by atoms with Crippen molar-refractivity contribution in [3.05, 3.63) is 65.6 Å². The number of para-hydroxylation sites is 1. The van der Waals surface area contributed by atoms with Crippen LogP contribution in [-0.2, 0) is 26.1 Å². The van der Waals surface area contributed by atoms with Crippen molar-refractivity contribution in [2.75, 3.05) is 18.1 Å². The Balaban J connectivity index is 1.54. The fourth-order valence-corrected chi connectivity index (χ4v) is 9.08. The molecule has 1 fully saturated rings. The van der Waals surface area contributed by atoms with Crippen molar-refractivity contribution in [3.63, 3.8) is 0 Å². The Kier molecular flexibility index (Phi) is 5.46. The minimum Gasteiger partial charge on any atom is -0.361 e. The summed E-state index contributed by atoms with van der Waals surface area (Å²) in [6.45, 7) is 1.95. The number of sulfone groups is 2. The Morgan fingerprint density at radius 2 is 1.93 bits per heavy atom. The summed E-state index contributed by atoms with van der Waals surface area (Å²) in [4.78, 5) is 3.18. The highest BCUT2D eigenvalue weighted by molar-refractivity contribution is 7.96. The van der Waals surface area contributed by atoms with E-state index in [9.17, 15) is 21.2 Å². The third kappa shape index (κ3) is 4.01. The van der Waals surface area contributed by atoms with Gasteiger partial charge in [-0.3, -0.25) is 0 Å². The second-order valence-corrected chi connectivity index (χ2v) is 12.0. The Morgan fingerprint density at radius 3 is 2.70 bits per heavy atom. The van der Waals surface area contributed by atoms with Crippen LogP contribution in [0.25, 0.3) is 10.9 Å². The Morgan fingerprint density at radius 1 is 1.17 bits per heavy atom. The van der Waals surface area contributed by atoms with E-state index in [1.807, 2.05) is 30.5 Å². The molecular weight excluding hydrogens is 427 g/mol. The van der Waals surface area contributed by atoms with E-state index in [1.165, 1.54) is 13.0 Å². The van der Waals surface area contributed by atoms with Crippen LogP contribution in [0.5, 0.6) is 0 Å². The van der Waals surface area contributed by atoms with E-state index in [0.29, 0.717) is 13.0 Å². The van der Waals surface area contributed by atoms with Crippen molar-refractivity contribution in [3.8, 4) is 0 Å². The average Bonchev–Trinajstić information content (AvgIpc) is 3.22. The third-order valence-corrected chi connectivity index (χ3v) is 9.93. The van der Waals surface area contributed by atoms with Crippen molar-refractivity contribution in [1.82, 2.24) is 10.3 Å². The lowest BCUT2D eigenvalue weighted by molar-refractivity contribution is 0.528. The van der Waals surface area contributed by atoms with Crippen molar-refractivity contribution >= 4 is 30.6 Å². The molecule has 4 rings (SSSR count). The van der Waals surface area contributed by atoms with E-state index in [0.717, 1.165) is 28.6 Å². The first-order chi connectivity index (χ1) is 14.2. The van der Waals surface area contributed by atoms with Gasteiger partial charge in [-0.2, -0.15) is 0 Å². The van der Waals surface area contributed by atoms with Crippen LogP contribution in [0.3, 0.4) is 0 Å². The predicted molar refractivity (Wildman–Crippen MR) is 115 cm³/mol. The molecule has 30 heavy (non-hydrogen) atoms. The summed E-state index contributed by atoms with van der Waals surface area (Å²) < 4.78 is 64.3. The van der Waals surface area contributed by atoms with E-state index < -0.39 is 42.5 Å². The zero-order valence-electron chi connectivity index (χ0n) is 16.4. The number of aromatic amines is 1. The van der Waals surface area contributed by atoms with E-state index >= 15 is 0 Å². The van der Waals surface area contributed by atoms with Gasteiger partial charge in [0.05, 0.1) is 21.7 Å². The minimum absolute atomic E-state index is 0.0190. The zero-order chi connectivity index (χ0) is 21.5. The molecule has 0 radical (unpaired) electrons. The molecule has 1 saturated heterocycles. The molecule has 0 bridgehead atoms. The number of aryl methyl sites for hydroxylation is 1. The first-order valence-corrected chi connectivity index (χ1v) is 13.0. The molecule has 0 spiro atoms. The summed E-state index contributed by atoms with van der Waals surface area (Å²) in [5.41, 5.74) is 2.37. The number of hydrogen-bond acceptors (Lipinski definition) is 5. The maximum absolute atomic E-state index is 13.4. The van der Waals surface area contributed by atoms with E-state index in [4.69, 9.17) is 0 Å². The van der Waals surface area contributed by atoms with Gasteiger partial charge in [0.2, 0.25) is 0 Å². The molecule has 0 amide bonds. The highest BCUT2D eigenvalue weighted by Crippen LogP contribution is 2.28. The molecule has 3 aromatic rings. The van der Waals surface area contributed by atoms with Crippen LogP contribution in [-0.4, -0.2) is 51.2 Å². The normalized spacial score (nSPS) is 21.3. The molecule has 2 N–H and O–H groups in total. The van der Waals surface area contributed by atoms with Crippen LogP contribution in [0.4, 0.5) is 4.39 Å². The van der Waals surface area contributed by atoms with Gasteiger partial charge in [0.15, 0.2) is 19.7 Å². The van der Waals surface area contributed by atoms with Crippen LogP contribution in [0, 0.1) is 12.7 Å². The predicted octanol–water partition coefficient (Wildman–Crippen LogP) is 2.39. The number of halogens is 1.